The molecule has 0 bridgehead atoms. The van der Waals surface area contributed by atoms with Crippen molar-refractivity contribution in [3.8, 4) is 11.1 Å². The third kappa shape index (κ3) is 5.72. The number of carbonyl (C=O) groups is 1. The fraction of sp³-hybridized carbons (Fsp3) is 0.231. The van der Waals surface area contributed by atoms with Gasteiger partial charge in [0.15, 0.2) is 5.82 Å². The summed E-state index contributed by atoms with van der Waals surface area (Å²) in [6.45, 7) is 3.07. The van der Waals surface area contributed by atoms with Gasteiger partial charge in [0.1, 0.15) is 6.54 Å². The molecule has 0 saturated carbocycles. The molecule has 1 atom stereocenters. The third-order valence-corrected chi connectivity index (χ3v) is 5.49. The maximum atomic E-state index is 12.1. The zero-order chi connectivity index (χ0) is 23.8. The number of benzene rings is 3. The highest BCUT2D eigenvalue weighted by Crippen LogP contribution is 2.25. The number of ether oxygens (including phenoxy) is 1. The van der Waals surface area contributed by atoms with Crippen LogP contribution in [0.5, 0.6) is 0 Å². The van der Waals surface area contributed by atoms with E-state index in [0.29, 0.717) is 25.5 Å². The minimum Gasteiger partial charge on any atom is -0.465 e. The lowest BCUT2D eigenvalue weighted by molar-refractivity contribution is -0.144. The van der Waals surface area contributed by atoms with Gasteiger partial charge in [-0.25, -0.2) is 4.68 Å². The zero-order valence-electron chi connectivity index (χ0n) is 19.1. The van der Waals surface area contributed by atoms with Crippen molar-refractivity contribution in [2.24, 2.45) is 5.73 Å². The Morgan fingerprint density at radius 1 is 1.00 bits per heavy atom. The summed E-state index contributed by atoms with van der Waals surface area (Å²) in [4.78, 5) is 12.1. The normalized spacial score (nSPS) is 11.8. The van der Waals surface area contributed by atoms with Crippen LogP contribution in [0.1, 0.15) is 35.5 Å². The van der Waals surface area contributed by atoms with Gasteiger partial charge < -0.3 is 10.5 Å². The van der Waals surface area contributed by atoms with Gasteiger partial charge in [-0.2, -0.15) is 0 Å². The molecular formula is C26H28N6O2. The van der Waals surface area contributed by atoms with Crippen LogP contribution in [-0.2, 0) is 29.2 Å². The van der Waals surface area contributed by atoms with E-state index in [1.807, 2.05) is 36.4 Å². The summed E-state index contributed by atoms with van der Waals surface area (Å²) in [6.07, 6.45) is 0. The van der Waals surface area contributed by atoms with Gasteiger partial charge in [0.05, 0.1) is 12.6 Å². The third-order valence-electron chi connectivity index (χ3n) is 5.49. The van der Waals surface area contributed by atoms with Gasteiger partial charge in [0.25, 0.3) is 0 Å². The first-order valence-electron chi connectivity index (χ1n) is 11.3. The molecule has 4 aromatic rings. The molecule has 0 aliphatic carbocycles. The van der Waals surface area contributed by atoms with Crippen molar-refractivity contribution >= 4 is 5.97 Å². The molecule has 0 aliphatic heterocycles. The van der Waals surface area contributed by atoms with Crippen LogP contribution < -0.4 is 11.1 Å². The van der Waals surface area contributed by atoms with Crippen molar-refractivity contribution in [3.63, 3.8) is 0 Å². The molecule has 0 saturated heterocycles. The minimum absolute atomic E-state index is 0.0564. The second-order valence-electron chi connectivity index (χ2n) is 7.83. The first kappa shape index (κ1) is 23.3. The molecule has 174 valence electrons. The highest BCUT2D eigenvalue weighted by atomic mass is 16.5. The average molecular weight is 457 g/mol. The lowest BCUT2D eigenvalue weighted by Crippen LogP contribution is -2.27. The lowest BCUT2D eigenvalue weighted by Gasteiger charge is -2.19. The van der Waals surface area contributed by atoms with E-state index in [1.54, 1.807) is 6.92 Å². The maximum Gasteiger partial charge on any atom is 0.327 e. The Labute approximate surface area is 198 Å². The molecule has 3 aromatic carbocycles. The Morgan fingerprint density at radius 2 is 1.74 bits per heavy atom. The molecule has 3 N–H and O–H groups in total. The van der Waals surface area contributed by atoms with Crippen LogP contribution in [-0.4, -0.2) is 32.8 Å². The zero-order valence-corrected chi connectivity index (χ0v) is 19.1. The number of esters is 1. The topological polar surface area (TPSA) is 108 Å². The van der Waals surface area contributed by atoms with E-state index in [2.05, 4.69) is 63.3 Å². The SMILES string of the molecule is CCOC(=O)Cn1nnnc1C(NCc1cccc(CN)c1)c1ccc(-c2ccccc2)cc1. The summed E-state index contributed by atoms with van der Waals surface area (Å²) in [6, 6.07) is 26.2. The van der Waals surface area contributed by atoms with Crippen molar-refractivity contribution in [1.82, 2.24) is 25.5 Å². The van der Waals surface area contributed by atoms with Crippen LogP contribution in [0.3, 0.4) is 0 Å². The number of tetrazole rings is 1. The van der Waals surface area contributed by atoms with E-state index < -0.39 is 0 Å². The largest absolute Gasteiger partial charge is 0.465 e. The average Bonchev–Trinajstić information content (AvgIpc) is 3.33. The van der Waals surface area contributed by atoms with Gasteiger partial charge in [-0.3, -0.25) is 10.1 Å². The van der Waals surface area contributed by atoms with Crippen LogP contribution in [0.4, 0.5) is 0 Å². The predicted octanol–water partition coefficient (Wildman–Crippen LogP) is 3.24. The summed E-state index contributed by atoms with van der Waals surface area (Å²) < 4.78 is 6.57. The van der Waals surface area contributed by atoms with E-state index in [-0.39, 0.29) is 18.6 Å². The highest BCUT2D eigenvalue weighted by molar-refractivity contribution is 5.69. The number of nitrogens with one attached hydrogen (secondary N) is 1. The van der Waals surface area contributed by atoms with Crippen LogP contribution >= 0.6 is 0 Å². The van der Waals surface area contributed by atoms with Crippen LogP contribution in [0.2, 0.25) is 0 Å². The second kappa shape index (κ2) is 11.3. The molecule has 1 unspecified atom stereocenters. The van der Waals surface area contributed by atoms with E-state index in [1.165, 1.54) is 4.68 Å². The number of rotatable bonds is 10. The number of hydrogen-bond donors (Lipinski definition) is 2. The van der Waals surface area contributed by atoms with Crippen molar-refractivity contribution < 1.29 is 9.53 Å². The van der Waals surface area contributed by atoms with Crippen molar-refractivity contribution in [1.29, 1.82) is 0 Å². The molecule has 34 heavy (non-hydrogen) atoms. The molecule has 8 heteroatoms. The first-order valence-corrected chi connectivity index (χ1v) is 11.3. The summed E-state index contributed by atoms with van der Waals surface area (Å²) in [5.74, 6) is 0.153. The van der Waals surface area contributed by atoms with Gasteiger partial charge >= 0.3 is 5.97 Å². The maximum absolute atomic E-state index is 12.1. The molecule has 4 rings (SSSR count). The first-order chi connectivity index (χ1) is 16.7. The van der Waals surface area contributed by atoms with Gasteiger partial charge in [0, 0.05) is 13.1 Å². The summed E-state index contributed by atoms with van der Waals surface area (Å²) in [5, 5.41) is 15.7. The summed E-state index contributed by atoms with van der Waals surface area (Å²) >= 11 is 0. The number of nitrogens with zero attached hydrogens (tertiary/aromatic N) is 4. The van der Waals surface area contributed by atoms with Crippen molar-refractivity contribution in [3.05, 3.63) is 101 Å². The van der Waals surface area contributed by atoms with Crippen LogP contribution in [0, 0.1) is 0 Å². The Morgan fingerprint density at radius 3 is 2.47 bits per heavy atom. The predicted molar refractivity (Wildman–Crippen MR) is 129 cm³/mol. The molecule has 0 radical (unpaired) electrons. The Bertz CT molecular complexity index is 1210. The molecule has 0 spiro atoms. The van der Waals surface area contributed by atoms with Gasteiger partial charge in [0.2, 0.25) is 0 Å². The fourth-order valence-corrected chi connectivity index (χ4v) is 3.80. The van der Waals surface area contributed by atoms with E-state index in [9.17, 15) is 4.79 Å². The van der Waals surface area contributed by atoms with Gasteiger partial charge in [-0.05, 0) is 45.2 Å². The molecule has 1 heterocycles. The number of carbonyl (C=O) groups excluding carboxylic acids is 1. The van der Waals surface area contributed by atoms with E-state index >= 15 is 0 Å². The summed E-state index contributed by atoms with van der Waals surface area (Å²) in [7, 11) is 0. The van der Waals surface area contributed by atoms with Crippen molar-refractivity contribution in [2.45, 2.75) is 32.6 Å². The highest BCUT2D eigenvalue weighted by Gasteiger charge is 2.22. The second-order valence-corrected chi connectivity index (χ2v) is 7.83. The molecule has 0 amide bonds. The number of aromatic nitrogens is 4. The molecule has 0 fully saturated rings. The van der Waals surface area contributed by atoms with Gasteiger partial charge in [-0.15, -0.1) is 5.10 Å². The number of nitrogens with two attached hydrogens (primary N) is 1. The minimum atomic E-state index is -0.384. The van der Waals surface area contributed by atoms with Crippen LogP contribution in [0.25, 0.3) is 11.1 Å². The molecule has 0 aliphatic rings. The smallest absolute Gasteiger partial charge is 0.327 e. The molecular weight excluding hydrogens is 428 g/mol. The van der Waals surface area contributed by atoms with Crippen molar-refractivity contribution in [2.75, 3.05) is 6.61 Å². The Balaban J connectivity index is 1.63. The quantitative estimate of drug-likeness (QED) is 0.353. The molecule has 1 aromatic heterocycles. The lowest BCUT2D eigenvalue weighted by atomic mass is 10.00. The standard InChI is InChI=1S/C26H28N6O2/c1-2-34-24(33)18-32-26(29-30-31-32)25(28-17-20-8-6-7-19(15-20)16-27)23-13-11-22(12-14-23)21-9-4-3-5-10-21/h3-15,25,28H,2,16-18,27H2,1H3. The Kier molecular flexibility index (Phi) is 7.75. The van der Waals surface area contributed by atoms with Gasteiger partial charge in [-0.1, -0.05) is 78.9 Å². The Hall–Kier alpha value is -3.88. The fourth-order valence-electron chi connectivity index (χ4n) is 3.80. The summed E-state index contributed by atoms with van der Waals surface area (Å²) in [5.41, 5.74) is 11.2. The van der Waals surface area contributed by atoms with E-state index in [4.69, 9.17) is 10.5 Å². The molecule has 8 nitrogen and oxygen atoms in total. The van der Waals surface area contributed by atoms with Crippen LogP contribution in [0.15, 0.2) is 78.9 Å². The monoisotopic (exact) mass is 456 g/mol. The van der Waals surface area contributed by atoms with E-state index in [0.717, 1.165) is 27.8 Å². The number of hydrogen-bond acceptors (Lipinski definition) is 7.